The van der Waals surface area contributed by atoms with E-state index in [9.17, 15) is 5.11 Å². The Morgan fingerprint density at radius 3 is 2.54 bits per heavy atom. The van der Waals surface area contributed by atoms with E-state index in [1.165, 1.54) is 27.4 Å². The zero-order valence-corrected chi connectivity index (χ0v) is 14.7. The Morgan fingerprint density at radius 1 is 1.00 bits per heavy atom. The molecule has 1 atom stereocenters. The van der Waals surface area contributed by atoms with Gasteiger partial charge in [-0.2, -0.15) is 0 Å². The zero-order chi connectivity index (χ0) is 16.9. The molecule has 3 aromatic rings. The number of hydrogen-bond acceptors (Lipinski definition) is 1. The molecule has 0 saturated carbocycles. The molecule has 0 amide bonds. The van der Waals surface area contributed by atoms with Gasteiger partial charge < -0.3 is 20.3 Å². The molecule has 0 spiro atoms. The van der Waals surface area contributed by atoms with Crippen molar-refractivity contribution in [2.75, 3.05) is 19.6 Å². The predicted molar refractivity (Wildman–Crippen MR) is 99.0 cm³/mol. The first-order chi connectivity index (χ1) is 11.7. The third-order valence-electron chi connectivity index (χ3n) is 4.62. The molecule has 0 aliphatic rings. The van der Waals surface area contributed by atoms with Gasteiger partial charge in [-0.05, 0) is 32.0 Å². The van der Waals surface area contributed by atoms with Crippen molar-refractivity contribution in [2.45, 2.75) is 33.0 Å². The molecular weight excluding hydrogens is 298 g/mol. The maximum absolute atomic E-state index is 9.25. The Bertz CT molecular complexity index is 807. The van der Waals surface area contributed by atoms with E-state index in [0.717, 1.165) is 32.7 Å². The minimum Gasteiger partial charge on any atom is -0.388 e. The molecule has 4 heteroatoms. The summed E-state index contributed by atoms with van der Waals surface area (Å²) in [7, 11) is 0. The van der Waals surface area contributed by atoms with Crippen LogP contribution in [0.4, 0.5) is 0 Å². The first-order valence-electron chi connectivity index (χ1n) is 9.02. The van der Waals surface area contributed by atoms with Crippen LogP contribution in [0.2, 0.25) is 0 Å². The Balaban J connectivity index is 1.71. The van der Waals surface area contributed by atoms with Gasteiger partial charge in [-0.25, -0.2) is 0 Å². The van der Waals surface area contributed by atoms with Crippen LogP contribution in [0.3, 0.4) is 0 Å². The summed E-state index contributed by atoms with van der Waals surface area (Å²) in [6, 6.07) is 15.5. The molecule has 0 aliphatic heterocycles. The van der Waals surface area contributed by atoms with Crippen molar-refractivity contribution >= 4 is 21.8 Å². The van der Waals surface area contributed by atoms with Gasteiger partial charge in [-0.1, -0.05) is 24.3 Å². The Hall–Kier alpha value is -1.88. The van der Waals surface area contributed by atoms with Gasteiger partial charge in [0.25, 0.3) is 0 Å². The van der Waals surface area contributed by atoms with Crippen LogP contribution in [0.25, 0.3) is 21.8 Å². The molecule has 1 aromatic heterocycles. The minimum atomic E-state index is -0.219. The van der Waals surface area contributed by atoms with Crippen LogP contribution in [0.1, 0.15) is 19.4 Å². The van der Waals surface area contributed by atoms with Crippen molar-refractivity contribution in [1.82, 2.24) is 4.57 Å². The van der Waals surface area contributed by atoms with E-state index in [0.29, 0.717) is 0 Å². The van der Waals surface area contributed by atoms with Crippen LogP contribution in [-0.2, 0) is 13.1 Å². The van der Waals surface area contributed by atoms with Gasteiger partial charge in [0.05, 0.1) is 6.10 Å². The zero-order valence-electron chi connectivity index (χ0n) is 14.7. The third kappa shape index (κ3) is 3.61. The lowest BCUT2D eigenvalue weighted by molar-refractivity contribution is -0.733. The Kier molecular flexibility index (Phi) is 5.51. The van der Waals surface area contributed by atoms with Crippen molar-refractivity contribution in [3.63, 3.8) is 0 Å². The summed E-state index contributed by atoms with van der Waals surface area (Å²) in [5.74, 6) is 0. The van der Waals surface area contributed by atoms with E-state index in [1.54, 1.807) is 0 Å². The topological polar surface area (TPSA) is 58.4 Å². The fourth-order valence-corrected chi connectivity index (χ4v) is 3.43. The highest BCUT2D eigenvalue weighted by atomic mass is 16.3. The number of rotatable bonds is 8. The highest BCUT2D eigenvalue weighted by Gasteiger charge is 2.10. The Labute approximate surface area is 143 Å². The molecule has 128 valence electrons. The second-order valence-corrected chi connectivity index (χ2v) is 6.56. The summed E-state index contributed by atoms with van der Waals surface area (Å²) in [5, 5.41) is 16.5. The van der Waals surface area contributed by atoms with E-state index in [1.807, 2.05) is 6.92 Å². The van der Waals surface area contributed by atoms with Crippen LogP contribution in [0, 0.1) is 0 Å². The van der Waals surface area contributed by atoms with Crippen molar-refractivity contribution in [3.8, 4) is 0 Å². The number of aliphatic hydroxyl groups excluding tert-OH is 1. The summed E-state index contributed by atoms with van der Waals surface area (Å²) < 4.78 is 2.39. The smallest absolute Gasteiger partial charge is 0.125 e. The van der Waals surface area contributed by atoms with Gasteiger partial charge in [0.1, 0.15) is 26.2 Å². The molecule has 0 radical (unpaired) electrons. The molecule has 0 saturated heterocycles. The van der Waals surface area contributed by atoms with Crippen molar-refractivity contribution in [3.05, 3.63) is 48.0 Å². The number of nitrogens with two attached hydrogens (primary N) is 2. The first-order valence-corrected chi connectivity index (χ1v) is 9.02. The molecule has 0 unspecified atom stereocenters. The summed E-state index contributed by atoms with van der Waals surface area (Å²) in [6.45, 7) is 8.94. The van der Waals surface area contributed by atoms with Crippen molar-refractivity contribution in [1.29, 1.82) is 0 Å². The summed E-state index contributed by atoms with van der Waals surface area (Å²) in [5.41, 5.74) is 4.02. The molecule has 0 bridgehead atoms. The number of hydrogen-bond donors (Lipinski definition) is 3. The van der Waals surface area contributed by atoms with Crippen LogP contribution in [0.5, 0.6) is 0 Å². The van der Waals surface area contributed by atoms with E-state index >= 15 is 0 Å². The third-order valence-corrected chi connectivity index (χ3v) is 4.62. The predicted octanol–water partition coefficient (Wildman–Crippen LogP) is 0.822. The van der Waals surface area contributed by atoms with Crippen LogP contribution >= 0.6 is 0 Å². The lowest BCUT2D eigenvalue weighted by atomic mass is 10.1. The van der Waals surface area contributed by atoms with Gasteiger partial charge >= 0.3 is 0 Å². The largest absolute Gasteiger partial charge is 0.388 e. The minimum absolute atomic E-state index is 0.219. The normalized spacial score (nSPS) is 13.0. The van der Waals surface area contributed by atoms with Crippen LogP contribution in [0.15, 0.2) is 42.5 Å². The number of nitrogens with zero attached hydrogens (tertiary/aromatic N) is 1. The highest BCUT2D eigenvalue weighted by molar-refractivity contribution is 6.08. The second-order valence-electron chi connectivity index (χ2n) is 6.56. The lowest BCUT2D eigenvalue weighted by Gasteiger charge is -2.05. The fourth-order valence-electron chi connectivity index (χ4n) is 3.43. The molecule has 2 aromatic carbocycles. The lowest BCUT2D eigenvalue weighted by Crippen LogP contribution is -2.95. The van der Waals surface area contributed by atoms with Gasteiger partial charge in [-0.15, -0.1) is 0 Å². The second kappa shape index (κ2) is 7.79. The van der Waals surface area contributed by atoms with Crippen molar-refractivity contribution in [2.24, 2.45) is 0 Å². The average molecular weight is 327 g/mol. The van der Waals surface area contributed by atoms with Gasteiger partial charge in [0, 0.05) is 33.9 Å². The number of quaternary nitrogens is 2. The quantitative estimate of drug-likeness (QED) is 0.527. The molecule has 1 heterocycles. The molecule has 5 N–H and O–H groups in total. The molecule has 24 heavy (non-hydrogen) atoms. The fraction of sp³-hybridized carbons (Fsp3) is 0.400. The number of aryl methyl sites for hydroxylation is 1. The number of fused-ring (bicyclic) bond motifs is 3. The molecule has 3 rings (SSSR count). The molecule has 0 fully saturated rings. The van der Waals surface area contributed by atoms with Gasteiger partial charge in [0.15, 0.2) is 0 Å². The van der Waals surface area contributed by atoms with E-state index in [2.05, 4.69) is 64.6 Å². The number of benzene rings is 2. The van der Waals surface area contributed by atoms with Gasteiger partial charge in [0.2, 0.25) is 0 Å². The summed E-state index contributed by atoms with van der Waals surface area (Å²) in [4.78, 5) is 0. The molecule has 0 aliphatic carbocycles. The van der Waals surface area contributed by atoms with E-state index in [4.69, 9.17) is 0 Å². The Morgan fingerprint density at radius 2 is 1.75 bits per heavy atom. The van der Waals surface area contributed by atoms with Crippen LogP contribution in [-0.4, -0.2) is 35.4 Å². The number of aliphatic hydroxyl groups is 1. The van der Waals surface area contributed by atoms with Gasteiger partial charge in [-0.3, -0.25) is 0 Å². The summed E-state index contributed by atoms with van der Waals surface area (Å²) >= 11 is 0. The van der Waals surface area contributed by atoms with Crippen LogP contribution < -0.4 is 10.6 Å². The maximum Gasteiger partial charge on any atom is 0.125 e. The first kappa shape index (κ1) is 17.0. The number of aromatic nitrogens is 1. The SMILES string of the molecule is CCn1c2ccccc2c2cc(C[NH2+]CC[NH2+]C[C@@H](C)O)ccc21. The van der Waals surface area contributed by atoms with E-state index in [-0.39, 0.29) is 6.10 Å². The average Bonchev–Trinajstić information content (AvgIpc) is 2.91. The molecule has 4 nitrogen and oxygen atoms in total. The van der Waals surface area contributed by atoms with E-state index < -0.39 is 0 Å². The molecular formula is C20H29N3O+2. The number of para-hydroxylation sites is 1. The standard InChI is InChI=1S/C20H27N3O/c1-3-23-19-7-5-4-6-17(19)18-12-16(8-9-20(18)23)14-22-11-10-21-13-15(2)24/h4-9,12,15,21-22,24H,3,10-11,13-14H2,1-2H3/p+2/t15-/m1/s1. The van der Waals surface area contributed by atoms with Crippen molar-refractivity contribution < 1.29 is 15.7 Å². The maximum atomic E-state index is 9.25. The highest BCUT2D eigenvalue weighted by Crippen LogP contribution is 2.29. The summed E-state index contributed by atoms with van der Waals surface area (Å²) in [6.07, 6.45) is -0.219. The monoisotopic (exact) mass is 327 g/mol.